The van der Waals surface area contributed by atoms with Crippen molar-refractivity contribution in [3.8, 4) is 28.4 Å². The van der Waals surface area contributed by atoms with Gasteiger partial charge in [-0.2, -0.15) is 0 Å². The van der Waals surface area contributed by atoms with E-state index in [0.717, 1.165) is 61.4 Å². The van der Waals surface area contributed by atoms with Crippen LogP contribution < -0.4 is 14.2 Å². The van der Waals surface area contributed by atoms with Crippen LogP contribution in [0, 0.1) is 5.92 Å². The van der Waals surface area contributed by atoms with Crippen LogP contribution in [0.15, 0.2) is 66.7 Å². The highest BCUT2D eigenvalue weighted by atomic mass is 16.7. The molecule has 7 heteroatoms. The highest BCUT2D eigenvalue weighted by Crippen LogP contribution is 2.34. The van der Waals surface area contributed by atoms with E-state index in [1.807, 2.05) is 53.4 Å². The maximum Gasteiger partial charge on any atom is 0.260 e. The molecule has 204 valence electrons. The van der Waals surface area contributed by atoms with Crippen molar-refractivity contribution < 1.29 is 28.9 Å². The Bertz CT molecular complexity index is 1300. The lowest BCUT2D eigenvalue weighted by atomic mass is 9.90. The number of fused-ring (bicyclic) bond motifs is 1. The standard InChI is InChI=1S/C32H35NO6/c34-18-4-8-28(35)26-6-3-5-25(20-26)27-7-1-2-9-29(27)37-21-32(36)33-16-14-23(15-17-33)10-11-24-12-13-30-31(19-24)39-22-38-30/h1-3,5-7,9,12-13,19-20,23,34H,4,8,10-11,14-18,21-22H2. The number of aryl methyl sites for hydroxylation is 1. The van der Waals surface area contributed by atoms with E-state index in [9.17, 15) is 9.59 Å². The van der Waals surface area contributed by atoms with Crippen LogP contribution in [0.2, 0.25) is 0 Å². The predicted molar refractivity (Wildman–Crippen MR) is 148 cm³/mol. The van der Waals surface area contributed by atoms with Crippen molar-refractivity contribution in [2.24, 2.45) is 5.92 Å². The van der Waals surface area contributed by atoms with Gasteiger partial charge in [0.15, 0.2) is 23.9 Å². The summed E-state index contributed by atoms with van der Waals surface area (Å²) in [5.74, 6) is 2.84. The Morgan fingerprint density at radius 3 is 2.62 bits per heavy atom. The van der Waals surface area contributed by atoms with Crippen LogP contribution in [0.1, 0.15) is 48.0 Å². The van der Waals surface area contributed by atoms with E-state index in [2.05, 4.69) is 12.1 Å². The largest absolute Gasteiger partial charge is 0.483 e. The van der Waals surface area contributed by atoms with Crippen molar-refractivity contribution in [1.82, 2.24) is 4.90 Å². The lowest BCUT2D eigenvalue weighted by Gasteiger charge is -2.32. The Balaban J connectivity index is 1.12. The summed E-state index contributed by atoms with van der Waals surface area (Å²) in [4.78, 5) is 27.3. The van der Waals surface area contributed by atoms with Crippen molar-refractivity contribution in [2.75, 3.05) is 33.1 Å². The molecule has 7 nitrogen and oxygen atoms in total. The number of aliphatic hydroxyl groups excluding tert-OH is 1. The zero-order chi connectivity index (χ0) is 27.0. The van der Waals surface area contributed by atoms with Gasteiger partial charge in [0, 0.05) is 37.2 Å². The zero-order valence-electron chi connectivity index (χ0n) is 22.1. The molecule has 0 saturated carbocycles. The maximum absolute atomic E-state index is 13.0. The van der Waals surface area contributed by atoms with Crippen molar-refractivity contribution >= 4 is 11.7 Å². The van der Waals surface area contributed by atoms with E-state index in [-0.39, 0.29) is 24.9 Å². The molecule has 0 aromatic heterocycles. The third-order valence-electron chi connectivity index (χ3n) is 7.54. The van der Waals surface area contributed by atoms with Gasteiger partial charge in [-0.1, -0.05) is 42.5 Å². The number of aliphatic hydroxyl groups is 1. The van der Waals surface area contributed by atoms with Gasteiger partial charge in [0.25, 0.3) is 5.91 Å². The normalized spacial score (nSPS) is 14.8. The molecule has 1 amide bonds. The number of ether oxygens (including phenoxy) is 3. The maximum atomic E-state index is 13.0. The molecule has 0 bridgehead atoms. The zero-order valence-corrected chi connectivity index (χ0v) is 22.1. The monoisotopic (exact) mass is 529 g/mol. The fourth-order valence-electron chi connectivity index (χ4n) is 5.24. The van der Waals surface area contributed by atoms with Gasteiger partial charge >= 0.3 is 0 Å². The number of hydrogen-bond donors (Lipinski definition) is 1. The molecule has 0 unspecified atom stereocenters. The molecule has 2 aliphatic heterocycles. The molecule has 3 aromatic rings. The second kappa shape index (κ2) is 12.8. The first kappa shape index (κ1) is 26.8. The number of carbonyl (C=O) groups excluding carboxylic acids is 2. The number of amides is 1. The Hall–Kier alpha value is -3.84. The van der Waals surface area contributed by atoms with Crippen LogP contribution in [0.25, 0.3) is 11.1 Å². The molecule has 1 N–H and O–H groups in total. The van der Waals surface area contributed by atoms with E-state index >= 15 is 0 Å². The van der Waals surface area contributed by atoms with Gasteiger partial charge in [0.1, 0.15) is 5.75 Å². The first-order valence-electron chi connectivity index (χ1n) is 13.7. The van der Waals surface area contributed by atoms with Gasteiger partial charge in [0.2, 0.25) is 6.79 Å². The average molecular weight is 530 g/mol. The number of para-hydroxylation sites is 1. The van der Waals surface area contributed by atoms with E-state index in [4.69, 9.17) is 19.3 Å². The average Bonchev–Trinajstić information content (AvgIpc) is 3.46. The van der Waals surface area contributed by atoms with Crippen molar-refractivity contribution in [1.29, 1.82) is 0 Å². The van der Waals surface area contributed by atoms with Gasteiger partial charge in [-0.3, -0.25) is 9.59 Å². The minimum Gasteiger partial charge on any atom is -0.483 e. The number of Topliss-reactive ketones (excluding diaryl/α,β-unsaturated/α-hetero) is 1. The van der Waals surface area contributed by atoms with E-state index < -0.39 is 0 Å². The number of carbonyl (C=O) groups is 2. The summed E-state index contributed by atoms with van der Waals surface area (Å²) in [6.45, 7) is 1.76. The van der Waals surface area contributed by atoms with Crippen molar-refractivity contribution in [2.45, 2.75) is 38.5 Å². The fraction of sp³-hybridized carbons (Fsp3) is 0.375. The SMILES string of the molecule is O=C(CCCO)c1cccc(-c2ccccc2OCC(=O)N2CCC(CCc3ccc4c(c3)OCO4)CC2)c1. The smallest absolute Gasteiger partial charge is 0.260 e. The van der Waals surface area contributed by atoms with Crippen LogP contribution in [0.5, 0.6) is 17.2 Å². The first-order valence-corrected chi connectivity index (χ1v) is 13.7. The molecular weight excluding hydrogens is 494 g/mol. The van der Waals surface area contributed by atoms with Gasteiger partial charge in [-0.05, 0) is 73.4 Å². The van der Waals surface area contributed by atoms with Crippen molar-refractivity contribution in [3.63, 3.8) is 0 Å². The summed E-state index contributed by atoms with van der Waals surface area (Å²) in [6.07, 6.45) is 4.81. The molecule has 0 spiro atoms. The Kier molecular flexibility index (Phi) is 8.78. The fourth-order valence-corrected chi connectivity index (χ4v) is 5.24. The number of ketones is 1. The molecule has 2 aliphatic rings. The lowest BCUT2D eigenvalue weighted by Crippen LogP contribution is -2.41. The second-order valence-corrected chi connectivity index (χ2v) is 10.2. The highest BCUT2D eigenvalue weighted by molar-refractivity contribution is 5.97. The van der Waals surface area contributed by atoms with Crippen LogP contribution in [-0.2, 0) is 11.2 Å². The molecule has 5 rings (SSSR count). The molecule has 1 fully saturated rings. The van der Waals surface area contributed by atoms with E-state index in [0.29, 0.717) is 36.9 Å². The van der Waals surface area contributed by atoms with E-state index in [1.165, 1.54) is 5.56 Å². The summed E-state index contributed by atoms with van der Waals surface area (Å²) in [7, 11) is 0. The molecule has 39 heavy (non-hydrogen) atoms. The number of nitrogens with zero attached hydrogens (tertiary/aromatic N) is 1. The van der Waals surface area contributed by atoms with Gasteiger partial charge < -0.3 is 24.2 Å². The van der Waals surface area contributed by atoms with Crippen molar-refractivity contribution in [3.05, 3.63) is 77.9 Å². The summed E-state index contributed by atoms with van der Waals surface area (Å²) in [6, 6.07) is 21.1. The van der Waals surface area contributed by atoms with Crippen LogP contribution in [0.3, 0.4) is 0 Å². The molecule has 0 aliphatic carbocycles. The Labute approximate surface area is 229 Å². The van der Waals surface area contributed by atoms with E-state index in [1.54, 1.807) is 6.07 Å². The van der Waals surface area contributed by atoms with Gasteiger partial charge in [0.05, 0.1) is 0 Å². The first-order chi connectivity index (χ1) is 19.1. The predicted octanol–water partition coefficient (Wildman–Crippen LogP) is 5.29. The topological polar surface area (TPSA) is 85.3 Å². The third-order valence-corrected chi connectivity index (χ3v) is 7.54. The molecule has 0 radical (unpaired) electrons. The number of likely N-dealkylation sites (tertiary alicyclic amines) is 1. The summed E-state index contributed by atoms with van der Waals surface area (Å²) in [5.41, 5.74) is 3.55. The molecule has 1 saturated heterocycles. The molecule has 2 heterocycles. The summed E-state index contributed by atoms with van der Waals surface area (Å²) < 4.78 is 16.9. The molecular formula is C32H35NO6. The molecule has 3 aromatic carbocycles. The quantitative estimate of drug-likeness (QED) is 0.340. The minimum absolute atomic E-state index is 0.00114. The number of piperidine rings is 1. The van der Waals surface area contributed by atoms with Crippen LogP contribution in [0.4, 0.5) is 0 Å². The summed E-state index contributed by atoms with van der Waals surface area (Å²) >= 11 is 0. The number of rotatable bonds is 11. The van der Waals surface area contributed by atoms with Gasteiger partial charge in [-0.25, -0.2) is 0 Å². The number of benzene rings is 3. The highest BCUT2D eigenvalue weighted by Gasteiger charge is 2.24. The van der Waals surface area contributed by atoms with Crippen LogP contribution >= 0.6 is 0 Å². The third kappa shape index (κ3) is 6.79. The Morgan fingerprint density at radius 1 is 0.949 bits per heavy atom. The lowest BCUT2D eigenvalue weighted by molar-refractivity contribution is -0.134. The van der Waals surface area contributed by atoms with Crippen LogP contribution in [-0.4, -0.2) is 54.8 Å². The second-order valence-electron chi connectivity index (χ2n) is 10.2. The van der Waals surface area contributed by atoms with Gasteiger partial charge in [-0.15, -0.1) is 0 Å². The number of hydrogen-bond acceptors (Lipinski definition) is 6. The minimum atomic E-state index is -0.0198. The summed E-state index contributed by atoms with van der Waals surface area (Å²) in [5, 5.41) is 9.03. The molecule has 0 atom stereocenters. The Morgan fingerprint density at radius 2 is 1.77 bits per heavy atom.